The first-order valence-corrected chi connectivity index (χ1v) is 9.62. The highest BCUT2D eigenvalue weighted by Crippen LogP contribution is 2.20. The number of carbonyl (C=O) groups is 1. The second kappa shape index (κ2) is 8.07. The molecule has 4 N–H and O–H groups in total. The van der Waals surface area contributed by atoms with Crippen LogP contribution in [0.1, 0.15) is 23.9 Å². The molecule has 0 saturated heterocycles. The summed E-state index contributed by atoms with van der Waals surface area (Å²) in [5.74, 6) is 1.74. The van der Waals surface area contributed by atoms with Gasteiger partial charge >= 0.3 is 0 Å². The SMILES string of the molecule is CSCCC(NC(=O)Cc1ccc(N)cc1)c1nc2ccccc2[nH]1. The lowest BCUT2D eigenvalue weighted by Crippen LogP contribution is -2.31. The van der Waals surface area contributed by atoms with Crippen molar-refractivity contribution in [1.29, 1.82) is 0 Å². The number of hydrogen-bond donors (Lipinski definition) is 3. The molecule has 0 aliphatic carbocycles. The van der Waals surface area contributed by atoms with Crippen LogP contribution in [-0.2, 0) is 11.2 Å². The van der Waals surface area contributed by atoms with E-state index in [0.717, 1.165) is 34.6 Å². The Morgan fingerprint density at radius 2 is 2.00 bits per heavy atom. The molecule has 1 heterocycles. The number of nitrogens with two attached hydrogens (primary N) is 1. The normalized spacial score (nSPS) is 12.2. The van der Waals surface area contributed by atoms with Crippen LogP contribution in [0.4, 0.5) is 5.69 Å². The molecule has 0 fully saturated rings. The highest BCUT2D eigenvalue weighted by atomic mass is 32.2. The summed E-state index contributed by atoms with van der Waals surface area (Å²) in [5, 5.41) is 3.11. The van der Waals surface area contributed by atoms with Crippen molar-refractivity contribution < 1.29 is 4.79 Å². The number of benzene rings is 2. The number of thioether (sulfide) groups is 1. The molecule has 25 heavy (non-hydrogen) atoms. The molecular weight excluding hydrogens is 332 g/mol. The maximum Gasteiger partial charge on any atom is 0.225 e. The van der Waals surface area contributed by atoms with Crippen molar-refractivity contribution in [3.05, 3.63) is 59.9 Å². The van der Waals surface area contributed by atoms with Gasteiger partial charge in [-0.1, -0.05) is 24.3 Å². The lowest BCUT2D eigenvalue weighted by molar-refractivity contribution is -0.121. The molecule has 1 atom stereocenters. The summed E-state index contributed by atoms with van der Waals surface area (Å²) in [4.78, 5) is 20.4. The molecule has 0 bridgehead atoms. The maximum absolute atomic E-state index is 12.5. The summed E-state index contributed by atoms with van der Waals surface area (Å²) in [5.41, 5.74) is 9.24. The smallest absolute Gasteiger partial charge is 0.225 e. The van der Waals surface area contributed by atoms with Crippen molar-refractivity contribution in [3.63, 3.8) is 0 Å². The quantitative estimate of drug-likeness (QED) is 0.569. The van der Waals surface area contributed by atoms with Crippen molar-refractivity contribution in [2.24, 2.45) is 0 Å². The van der Waals surface area contributed by atoms with E-state index < -0.39 is 0 Å². The van der Waals surface area contributed by atoms with Gasteiger partial charge in [-0.15, -0.1) is 0 Å². The van der Waals surface area contributed by atoms with Crippen LogP contribution in [0.15, 0.2) is 48.5 Å². The number of para-hydroxylation sites is 2. The third-order valence-corrected chi connectivity index (χ3v) is 4.67. The van der Waals surface area contributed by atoms with Crippen LogP contribution in [-0.4, -0.2) is 27.9 Å². The van der Waals surface area contributed by atoms with E-state index in [0.29, 0.717) is 12.1 Å². The number of imidazole rings is 1. The van der Waals surface area contributed by atoms with Crippen LogP contribution in [0, 0.1) is 0 Å². The molecule has 0 radical (unpaired) electrons. The van der Waals surface area contributed by atoms with Gasteiger partial charge in [-0.25, -0.2) is 4.98 Å². The minimum absolute atomic E-state index is 0.0173. The predicted molar refractivity (Wildman–Crippen MR) is 105 cm³/mol. The lowest BCUT2D eigenvalue weighted by Gasteiger charge is -2.16. The number of anilines is 1. The second-order valence-electron chi connectivity index (χ2n) is 5.96. The Hall–Kier alpha value is -2.47. The minimum Gasteiger partial charge on any atom is -0.399 e. The first-order chi connectivity index (χ1) is 12.2. The number of fused-ring (bicyclic) bond motifs is 1. The van der Waals surface area contributed by atoms with E-state index in [1.165, 1.54) is 0 Å². The Morgan fingerprint density at radius 3 is 2.72 bits per heavy atom. The van der Waals surface area contributed by atoms with Gasteiger partial charge in [0.1, 0.15) is 5.82 Å². The summed E-state index contributed by atoms with van der Waals surface area (Å²) in [6.07, 6.45) is 3.22. The Kier molecular flexibility index (Phi) is 5.60. The third kappa shape index (κ3) is 4.54. The Labute approximate surface area is 151 Å². The molecule has 0 aliphatic rings. The summed E-state index contributed by atoms with van der Waals surface area (Å²) >= 11 is 1.76. The van der Waals surface area contributed by atoms with Crippen molar-refractivity contribution in [2.75, 3.05) is 17.7 Å². The molecule has 3 rings (SSSR count). The van der Waals surface area contributed by atoms with E-state index in [1.54, 1.807) is 11.8 Å². The van der Waals surface area contributed by atoms with Gasteiger partial charge in [0.15, 0.2) is 0 Å². The largest absolute Gasteiger partial charge is 0.399 e. The molecule has 6 heteroatoms. The number of hydrogen-bond acceptors (Lipinski definition) is 4. The van der Waals surface area contributed by atoms with Crippen molar-refractivity contribution in [3.8, 4) is 0 Å². The van der Waals surface area contributed by atoms with Crippen LogP contribution in [0.3, 0.4) is 0 Å². The molecule has 1 aromatic heterocycles. The highest BCUT2D eigenvalue weighted by molar-refractivity contribution is 7.98. The second-order valence-corrected chi connectivity index (χ2v) is 6.94. The number of nitrogens with zero attached hydrogens (tertiary/aromatic N) is 1. The first-order valence-electron chi connectivity index (χ1n) is 8.23. The van der Waals surface area contributed by atoms with Crippen molar-refractivity contribution >= 4 is 34.4 Å². The van der Waals surface area contributed by atoms with Crippen LogP contribution in [0.25, 0.3) is 11.0 Å². The molecule has 1 unspecified atom stereocenters. The van der Waals surface area contributed by atoms with Crippen molar-refractivity contribution in [1.82, 2.24) is 15.3 Å². The zero-order valence-electron chi connectivity index (χ0n) is 14.2. The third-order valence-electron chi connectivity index (χ3n) is 4.03. The molecule has 2 aromatic carbocycles. The Bertz CT molecular complexity index is 811. The van der Waals surface area contributed by atoms with E-state index >= 15 is 0 Å². The summed E-state index contributed by atoms with van der Waals surface area (Å²) in [7, 11) is 0. The number of nitrogen functional groups attached to an aromatic ring is 1. The highest BCUT2D eigenvalue weighted by Gasteiger charge is 2.18. The Morgan fingerprint density at radius 1 is 1.24 bits per heavy atom. The summed E-state index contributed by atoms with van der Waals surface area (Å²) in [6.45, 7) is 0. The molecule has 1 amide bonds. The van der Waals surface area contributed by atoms with E-state index in [2.05, 4.69) is 21.5 Å². The number of rotatable bonds is 7. The molecule has 0 spiro atoms. The average molecular weight is 354 g/mol. The zero-order valence-corrected chi connectivity index (χ0v) is 15.0. The fourth-order valence-electron chi connectivity index (χ4n) is 2.72. The van der Waals surface area contributed by atoms with E-state index in [9.17, 15) is 4.79 Å². The van der Waals surface area contributed by atoms with Crippen LogP contribution in [0.2, 0.25) is 0 Å². The maximum atomic E-state index is 12.5. The summed E-state index contributed by atoms with van der Waals surface area (Å²) < 4.78 is 0. The fraction of sp³-hybridized carbons (Fsp3) is 0.263. The van der Waals surface area contributed by atoms with Crippen molar-refractivity contribution in [2.45, 2.75) is 18.9 Å². The number of amides is 1. The van der Waals surface area contributed by atoms with Crippen LogP contribution < -0.4 is 11.1 Å². The standard InChI is InChI=1S/C19H22N4OS/c1-25-11-10-17(19-22-15-4-2-3-5-16(15)23-19)21-18(24)12-13-6-8-14(20)9-7-13/h2-9,17H,10-12,20H2,1H3,(H,21,24)(H,22,23). The van der Waals surface area contributed by atoms with Crippen LogP contribution >= 0.6 is 11.8 Å². The monoisotopic (exact) mass is 354 g/mol. The molecule has 0 saturated carbocycles. The van der Waals surface area contributed by atoms with Gasteiger partial charge in [-0.3, -0.25) is 4.79 Å². The number of H-pyrrole nitrogens is 1. The summed E-state index contributed by atoms with van der Waals surface area (Å²) in [6, 6.07) is 15.2. The van der Waals surface area contributed by atoms with E-state index in [-0.39, 0.29) is 11.9 Å². The molecule has 0 aliphatic heterocycles. The van der Waals surface area contributed by atoms with Gasteiger partial charge < -0.3 is 16.0 Å². The van der Waals surface area contributed by atoms with E-state index in [1.807, 2.05) is 48.5 Å². The van der Waals surface area contributed by atoms with Gasteiger partial charge in [0.05, 0.1) is 23.5 Å². The van der Waals surface area contributed by atoms with Gasteiger partial charge in [0, 0.05) is 5.69 Å². The number of aromatic amines is 1. The molecular formula is C19H22N4OS. The zero-order chi connectivity index (χ0) is 17.6. The first kappa shape index (κ1) is 17.4. The predicted octanol–water partition coefficient (Wildman–Crippen LogP) is 3.30. The number of carbonyl (C=O) groups excluding carboxylic acids is 1. The van der Waals surface area contributed by atoms with Gasteiger partial charge in [-0.05, 0) is 48.3 Å². The lowest BCUT2D eigenvalue weighted by atomic mass is 10.1. The number of aromatic nitrogens is 2. The fourth-order valence-corrected chi connectivity index (χ4v) is 3.19. The Balaban J connectivity index is 1.73. The number of nitrogens with one attached hydrogen (secondary N) is 2. The van der Waals surface area contributed by atoms with Gasteiger partial charge in [0.25, 0.3) is 0 Å². The topological polar surface area (TPSA) is 83.8 Å². The van der Waals surface area contributed by atoms with Gasteiger partial charge in [-0.2, -0.15) is 11.8 Å². The molecule has 3 aromatic rings. The van der Waals surface area contributed by atoms with Gasteiger partial charge in [0.2, 0.25) is 5.91 Å². The molecule has 5 nitrogen and oxygen atoms in total. The van der Waals surface area contributed by atoms with Crippen LogP contribution in [0.5, 0.6) is 0 Å². The van der Waals surface area contributed by atoms with E-state index in [4.69, 9.17) is 5.73 Å². The average Bonchev–Trinajstić information content (AvgIpc) is 3.04. The molecule has 130 valence electrons. The minimum atomic E-state index is -0.124.